The first-order chi connectivity index (χ1) is 14.7. The quantitative estimate of drug-likeness (QED) is 0.708. The highest BCUT2D eigenvalue weighted by molar-refractivity contribution is 5.72. The minimum absolute atomic E-state index is 0.344. The van der Waals surface area contributed by atoms with E-state index < -0.39 is 17.9 Å². The Bertz CT molecular complexity index is 861. The fraction of sp³-hybridized carbons (Fsp3) is 0.560. The summed E-state index contributed by atoms with van der Waals surface area (Å²) in [6.45, 7) is 0. The average Bonchev–Trinajstić information content (AvgIpc) is 3.34. The number of carboxylic acid groups (broad SMARTS) is 1. The summed E-state index contributed by atoms with van der Waals surface area (Å²) in [6, 6.07) is 10.2. The number of benzene rings is 1. The highest BCUT2D eigenvalue weighted by Gasteiger charge is 2.54. The molecule has 5 nitrogen and oxygen atoms in total. The Labute approximate surface area is 178 Å². The largest absolute Gasteiger partial charge is 0.477 e. The maximum absolute atomic E-state index is 12.1. The molecule has 1 atom stereocenters. The summed E-state index contributed by atoms with van der Waals surface area (Å²) in [4.78, 5) is 12.1. The zero-order valence-electron chi connectivity index (χ0n) is 17.5. The van der Waals surface area contributed by atoms with Gasteiger partial charge >= 0.3 is 5.97 Å². The molecule has 1 N–H and O–H groups in total. The Morgan fingerprint density at radius 1 is 0.933 bits per heavy atom. The maximum Gasteiger partial charge on any atom is 0.373 e. The van der Waals surface area contributed by atoms with E-state index in [-0.39, 0.29) is 0 Å². The lowest BCUT2D eigenvalue weighted by atomic mass is 9.63. The van der Waals surface area contributed by atoms with Gasteiger partial charge in [-0.3, -0.25) is 0 Å². The van der Waals surface area contributed by atoms with Gasteiger partial charge in [0.15, 0.2) is 0 Å². The minimum atomic E-state index is -1.25. The van der Waals surface area contributed by atoms with Crippen LogP contribution in [0, 0.1) is 11.8 Å². The van der Waals surface area contributed by atoms with Crippen LogP contribution in [-0.2, 0) is 15.1 Å². The molecular weight excluding hydrogens is 378 g/mol. The molecule has 2 aliphatic carbocycles. The van der Waals surface area contributed by atoms with Crippen molar-refractivity contribution in [3.63, 3.8) is 0 Å². The van der Waals surface area contributed by atoms with Crippen LogP contribution in [0.5, 0.6) is 5.75 Å². The summed E-state index contributed by atoms with van der Waals surface area (Å²) in [7, 11) is 0. The fourth-order valence-electron chi connectivity index (χ4n) is 6.11. The number of nitrogens with zero attached hydrogens (tertiary/aromatic N) is 1. The van der Waals surface area contributed by atoms with Crippen LogP contribution < -0.4 is 4.74 Å². The molecular formula is C25H31NO4. The van der Waals surface area contributed by atoms with E-state index in [1.807, 2.05) is 35.2 Å². The Balaban J connectivity index is 1.65. The number of rotatable bonds is 4. The smallest absolute Gasteiger partial charge is 0.373 e. The maximum atomic E-state index is 12.1. The third-order valence-electron chi connectivity index (χ3n) is 7.45. The van der Waals surface area contributed by atoms with Gasteiger partial charge in [-0.05, 0) is 55.7 Å². The predicted octanol–water partition coefficient (Wildman–Crippen LogP) is 5.65. The van der Waals surface area contributed by atoms with Gasteiger partial charge in [-0.15, -0.1) is 0 Å². The third kappa shape index (κ3) is 3.33. The summed E-state index contributed by atoms with van der Waals surface area (Å²) < 4.78 is 14.5. The first kappa shape index (κ1) is 19.7. The highest BCUT2D eigenvalue weighted by atomic mass is 16.7. The second-order valence-electron chi connectivity index (χ2n) is 9.14. The van der Waals surface area contributed by atoms with E-state index in [4.69, 9.17) is 9.47 Å². The van der Waals surface area contributed by atoms with Gasteiger partial charge in [0.2, 0.25) is 0 Å². The van der Waals surface area contributed by atoms with Crippen LogP contribution in [0.2, 0.25) is 0 Å². The molecule has 30 heavy (non-hydrogen) atoms. The van der Waals surface area contributed by atoms with Gasteiger partial charge in [0, 0.05) is 29.7 Å². The molecule has 0 saturated heterocycles. The molecule has 2 saturated carbocycles. The number of carboxylic acids is 1. The van der Waals surface area contributed by atoms with E-state index >= 15 is 0 Å². The lowest BCUT2D eigenvalue weighted by Gasteiger charge is -2.52. The molecule has 1 aromatic carbocycles. The Morgan fingerprint density at radius 3 is 2.10 bits per heavy atom. The molecule has 0 spiro atoms. The molecule has 3 aliphatic rings. The zero-order chi connectivity index (χ0) is 20.6. The standard InChI is InChI=1S/C25H31NO4/c27-23(28)24-29-22-17-20(26-15-7-8-16-26)13-14-21(22)25(30-24,18-9-3-1-4-10-18)19-11-5-2-6-12-19/h7-8,13-19,24H,1-6,9-12H2,(H,27,28). The van der Waals surface area contributed by atoms with Gasteiger partial charge in [0.05, 0.1) is 0 Å². The van der Waals surface area contributed by atoms with Crippen LogP contribution in [0.1, 0.15) is 69.8 Å². The van der Waals surface area contributed by atoms with Gasteiger partial charge in [-0.1, -0.05) is 44.6 Å². The molecule has 1 aromatic heterocycles. The van der Waals surface area contributed by atoms with Gasteiger partial charge in [0.1, 0.15) is 11.4 Å². The van der Waals surface area contributed by atoms with Gasteiger partial charge < -0.3 is 19.1 Å². The van der Waals surface area contributed by atoms with E-state index in [1.54, 1.807) is 0 Å². The van der Waals surface area contributed by atoms with E-state index in [0.29, 0.717) is 17.6 Å². The van der Waals surface area contributed by atoms with Crippen LogP contribution >= 0.6 is 0 Å². The number of fused-ring (bicyclic) bond motifs is 1. The van der Waals surface area contributed by atoms with Gasteiger partial charge in [-0.2, -0.15) is 0 Å². The molecule has 0 radical (unpaired) electrons. The van der Waals surface area contributed by atoms with Crippen LogP contribution in [0.4, 0.5) is 0 Å². The van der Waals surface area contributed by atoms with Crippen LogP contribution in [-0.4, -0.2) is 21.9 Å². The Kier molecular flexibility index (Phi) is 5.32. The van der Waals surface area contributed by atoms with Crippen molar-refractivity contribution in [3.05, 3.63) is 48.3 Å². The summed E-state index contributed by atoms with van der Waals surface area (Å²) >= 11 is 0. The molecule has 0 bridgehead atoms. The van der Waals surface area contributed by atoms with Crippen molar-refractivity contribution in [2.75, 3.05) is 0 Å². The summed E-state index contributed by atoms with van der Waals surface area (Å²) in [5.41, 5.74) is 1.48. The Morgan fingerprint density at radius 2 is 1.53 bits per heavy atom. The monoisotopic (exact) mass is 409 g/mol. The number of hydrogen-bond acceptors (Lipinski definition) is 3. The van der Waals surface area contributed by atoms with Crippen LogP contribution in [0.25, 0.3) is 5.69 Å². The molecule has 160 valence electrons. The van der Waals surface area contributed by atoms with Gasteiger partial charge in [-0.25, -0.2) is 4.79 Å². The average molecular weight is 410 g/mol. The number of ether oxygens (including phenoxy) is 2. The lowest BCUT2D eigenvalue weighted by Crippen LogP contribution is -2.54. The van der Waals surface area contributed by atoms with Crippen molar-refractivity contribution >= 4 is 5.97 Å². The molecule has 2 fully saturated rings. The van der Waals surface area contributed by atoms with E-state index in [0.717, 1.165) is 36.9 Å². The number of aliphatic carboxylic acids is 1. The summed E-state index contributed by atoms with van der Waals surface area (Å²) in [5.74, 6) is 0.326. The molecule has 5 heteroatoms. The first-order valence-electron chi connectivity index (χ1n) is 11.5. The zero-order valence-corrected chi connectivity index (χ0v) is 17.5. The second-order valence-corrected chi connectivity index (χ2v) is 9.14. The molecule has 0 amide bonds. The number of carbonyl (C=O) groups is 1. The Hall–Kier alpha value is -2.27. The summed E-state index contributed by atoms with van der Waals surface area (Å²) in [6.07, 6.45) is 14.4. The normalized spacial score (nSPS) is 24.7. The topological polar surface area (TPSA) is 60.7 Å². The van der Waals surface area contributed by atoms with Crippen molar-refractivity contribution in [1.82, 2.24) is 4.57 Å². The molecule has 1 unspecified atom stereocenters. The van der Waals surface area contributed by atoms with Crippen molar-refractivity contribution in [2.45, 2.75) is 76.1 Å². The number of hydrogen-bond donors (Lipinski definition) is 1. The van der Waals surface area contributed by atoms with Crippen molar-refractivity contribution in [3.8, 4) is 11.4 Å². The molecule has 2 heterocycles. The highest BCUT2D eigenvalue weighted by Crippen LogP contribution is 2.56. The second kappa shape index (κ2) is 8.10. The predicted molar refractivity (Wildman–Crippen MR) is 114 cm³/mol. The lowest BCUT2D eigenvalue weighted by molar-refractivity contribution is -0.252. The molecule has 1 aliphatic heterocycles. The van der Waals surface area contributed by atoms with Crippen molar-refractivity contribution in [2.24, 2.45) is 11.8 Å². The number of aromatic nitrogens is 1. The minimum Gasteiger partial charge on any atom is -0.477 e. The van der Waals surface area contributed by atoms with E-state index in [9.17, 15) is 9.90 Å². The van der Waals surface area contributed by atoms with Gasteiger partial charge in [0.25, 0.3) is 6.29 Å². The van der Waals surface area contributed by atoms with Crippen LogP contribution in [0.3, 0.4) is 0 Å². The van der Waals surface area contributed by atoms with E-state index in [2.05, 4.69) is 12.1 Å². The fourth-order valence-corrected chi connectivity index (χ4v) is 6.11. The SMILES string of the molecule is O=C(O)C1Oc2cc(-n3cccc3)ccc2C(C2CCCCC2)(C2CCCCC2)O1. The van der Waals surface area contributed by atoms with Crippen molar-refractivity contribution in [1.29, 1.82) is 0 Å². The van der Waals surface area contributed by atoms with E-state index in [1.165, 1.54) is 38.5 Å². The third-order valence-corrected chi connectivity index (χ3v) is 7.45. The first-order valence-corrected chi connectivity index (χ1v) is 11.5. The molecule has 5 rings (SSSR count). The molecule has 2 aromatic rings. The van der Waals surface area contributed by atoms with Crippen molar-refractivity contribution < 1.29 is 19.4 Å². The van der Waals surface area contributed by atoms with Crippen LogP contribution in [0.15, 0.2) is 42.7 Å². The summed E-state index contributed by atoms with van der Waals surface area (Å²) in [5, 5.41) is 9.89.